The second-order valence-electron chi connectivity index (χ2n) is 6.38. The number of benzene rings is 1. The number of aromatic amines is 1. The number of aliphatic carboxylic acids is 2. The zero-order chi connectivity index (χ0) is 20.0. The Hall–Kier alpha value is -2.48. The highest BCUT2D eigenvalue weighted by atomic mass is 19.2. The van der Waals surface area contributed by atoms with Gasteiger partial charge in [0.15, 0.2) is 11.6 Å². The SMILES string of the molecule is CC(C)N(CCc1c[nH]c2ccc(F)c(F)c12)C(C)C.O=C(O)C(=O)O. The zero-order valence-corrected chi connectivity index (χ0v) is 15.2. The van der Waals surface area contributed by atoms with Gasteiger partial charge in [0, 0.05) is 35.7 Å². The Labute approximate surface area is 150 Å². The van der Waals surface area contributed by atoms with Crippen molar-refractivity contribution in [3.63, 3.8) is 0 Å². The van der Waals surface area contributed by atoms with E-state index < -0.39 is 23.6 Å². The van der Waals surface area contributed by atoms with Gasteiger partial charge < -0.3 is 15.2 Å². The average Bonchev–Trinajstić information content (AvgIpc) is 2.95. The fourth-order valence-corrected chi connectivity index (χ4v) is 2.78. The molecule has 0 aliphatic heterocycles. The van der Waals surface area contributed by atoms with Crippen LogP contribution in [0.3, 0.4) is 0 Å². The summed E-state index contributed by atoms with van der Waals surface area (Å²) in [6.45, 7) is 9.42. The summed E-state index contributed by atoms with van der Waals surface area (Å²) >= 11 is 0. The van der Waals surface area contributed by atoms with Gasteiger partial charge in [0.1, 0.15) is 0 Å². The van der Waals surface area contributed by atoms with Crippen LogP contribution in [-0.4, -0.2) is 50.7 Å². The highest BCUT2D eigenvalue weighted by Crippen LogP contribution is 2.24. The Kier molecular flexibility index (Phi) is 7.70. The van der Waals surface area contributed by atoms with E-state index >= 15 is 0 Å². The summed E-state index contributed by atoms with van der Waals surface area (Å²) in [4.78, 5) is 23.6. The first kappa shape index (κ1) is 21.6. The van der Waals surface area contributed by atoms with Crippen molar-refractivity contribution in [2.45, 2.75) is 46.2 Å². The maximum absolute atomic E-state index is 13.9. The molecule has 0 aliphatic rings. The van der Waals surface area contributed by atoms with Gasteiger partial charge in [-0.3, -0.25) is 4.90 Å². The minimum atomic E-state index is -1.82. The molecule has 0 amide bonds. The lowest BCUT2D eigenvalue weighted by atomic mass is 10.1. The van der Waals surface area contributed by atoms with Gasteiger partial charge in [-0.25, -0.2) is 18.4 Å². The molecule has 0 bridgehead atoms. The molecule has 0 saturated heterocycles. The first-order valence-corrected chi connectivity index (χ1v) is 8.22. The zero-order valence-electron chi connectivity index (χ0n) is 15.2. The van der Waals surface area contributed by atoms with Gasteiger partial charge in [0.2, 0.25) is 0 Å². The van der Waals surface area contributed by atoms with Gasteiger partial charge in [-0.2, -0.15) is 0 Å². The van der Waals surface area contributed by atoms with Crippen LogP contribution in [0.4, 0.5) is 8.78 Å². The number of rotatable bonds is 5. The molecule has 6 nitrogen and oxygen atoms in total. The molecule has 1 heterocycles. The molecule has 0 radical (unpaired) electrons. The van der Waals surface area contributed by atoms with Crippen molar-refractivity contribution in [2.24, 2.45) is 0 Å². The number of carbonyl (C=O) groups is 2. The Morgan fingerprint density at radius 2 is 1.62 bits per heavy atom. The van der Waals surface area contributed by atoms with E-state index in [0.29, 0.717) is 29.4 Å². The van der Waals surface area contributed by atoms with Crippen molar-refractivity contribution < 1.29 is 28.6 Å². The van der Waals surface area contributed by atoms with Crippen molar-refractivity contribution >= 4 is 22.8 Å². The van der Waals surface area contributed by atoms with Crippen LogP contribution >= 0.6 is 0 Å². The number of halogens is 2. The summed E-state index contributed by atoms with van der Waals surface area (Å²) in [7, 11) is 0. The monoisotopic (exact) mass is 370 g/mol. The lowest BCUT2D eigenvalue weighted by molar-refractivity contribution is -0.159. The van der Waals surface area contributed by atoms with Gasteiger partial charge in [0.25, 0.3) is 0 Å². The standard InChI is InChI=1S/C16H22F2N2.C2H2O4/c1-10(2)20(11(3)4)8-7-12-9-19-14-6-5-13(17)16(18)15(12)14;3-1(4)2(5)6/h5-6,9-11,19H,7-8H2,1-4H3;(H,3,4)(H,5,6). The predicted molar refractivity (Wildman–Crippen MR) is 94.2 cm³/mol. The van der Waals surface area contributed by atoms with Gasteiger partial charge >= 0.3 is 11.9 Å². The average molecular weight is 370 g/mol. The first-order valence-electron chi connectivity index (χ1n) is 8.22. The number of nitrogens with one attached hydrogen (secondary N) is 1. The van der Waals surface area contributed by atoms with Crippen molar-refractivity contribution in [3.05, 3.63) is 35.5 Å². The van der Waals surface area contributed by atoms with E-state index in [1.165, 1.54) is 0 Å². The normalized spacial score (nSPS) is 11.1. The molecule has 0 aliphatic carbocycles. The van der Waals surface area contributed by atoms with Crippen molar-refractivity contribution in [1.29, 1.82) is 0 Å². The van der Waals surface area contributed by atoms with Crippen LogP contribution in [0.5, 0.6) is 0 Å². The van der Waals surface area contributed by atoms with Crippen LogP contribution in [-0.2, 0) is 16.0 Å². The molecule has 2 rings (SSSR count). The number of aromatic nitrogens is 1. The van der Waals surface area contributed by atoms with E-state index in [4.69, 9.17) is 19.8 Å². The molecule has 8 heteroatoms. The quantitative estimate of drug-likeness (QED) is 0.703. The Bertz CT molecular complexity index is 752. The number of hydrogen-bond donors (Lipinski definition) is 3. The lowest BCUT2D eigenvalue weighted by Crippen LogP contribution is -2.38. The van der Waals surface area contributed by atoms with E-state index in [9.17, 15) is 8.78 Å². The summed E-state index contributed by atoms with van der Waals surface area (Å²) in [5.74, 6) is -5.19. The van der Waals surface area contributed by atoms with Crippen LogP contribution in [0.1, 0.15) is 33.3 Å². The molecular weight excluding hydrogens is 346 g/mol. The number of nitrogens with zero attached hydrogens (tertiary/aromatic N) is 1. The minimum absolute atomic E-state index is 0.387. The third-order valence-electron chi connectivity index (χ3n) is 3.97. The molecule has 0 fully saturated rings. The summed E-state index contributed by atoms with van der Waals surface area (Å²) in [5.41, 5.74) is 1.49. The summed E-state index contributed by atoms with van der Waals surface area (Å²) < 4.78 is 27.3. The third-order valence-corrected chi connectivity index (χ3v) is 3.97. The number of carboxylic acid groups (broad SMARTS) is 2. The van der Waals surface area contributed by atoms with Crippen LogP contribution in [0.2, 0.25) is 0 Å². The molecule has 26 heavy (non-hydrogen) atoms. The molecule has 2 aromatic rings. The third kappa shape index (κ3) is 5.52. The highest BCUT2D eigenvalue weighted by molar-refractivity contribution is 6.27. The maximum atomic E-state index is 13.9. The second kappa shape index (κ2) is 9.28. The maximum Gasteiger partial charge on any atom is 0.414 e. The van der Waals surface area contributed by atoms with E-state index in [2.05, 4.69) is 37.6 Å². The summed E-state index contributed by atoms with van der Waals surface area (Å²) in [6.07, 6.45) is 2.49. The van der Waals surface area contributed by atoms with E-state index in [0.717, 1.165) is 18.2 Å². The smallest absolute Gasteiger partial charge is 0.414 e. The molecule has 1 aromatic heterocycles. The summed E-state index contributed by atoms with van der Waals surface area (Å²) in [6, 6.07) is 3.61. The van der Waals surface area contributed by atoms with Crippen molar-refractivity contribution in [2.75, 3.05) is 6.54 Å². The minimum Gasteiger partial charge on any atom is -0.473 e. The van der Waals surface area contributed by atoms with Gasteiger partial charge in [-0.05, 0) is 51.8 Å². The van der Waals surface area contributed by atoms with Crippen LogP contribution in [0.15, 0.2) is 18.3 Å². The fraction of sp³-hybridized carbons (Fsp3) is 0.444. The van der Waals surface area contributed by atoms with Crippen molar-refractivity contribution in [1.82, 2.24) is 9.88 Å². The number of carboxylic acids is 2. The molecule has 1 aromatic carbocycles. The van der Waals surface area contributed by atoms with Crippen molar-refractivity contribution in [3.8, 4) is 0 Å². The molecule has 0 spiro atoms. The number of hydrogen-bond acceptors (Lipinski definition) is 3. The summed E-state index contributed by atoms with van der Waals surface area (Å²) in [5, 5.41) is 15.2. The Morgan fingerprint density at radius 3 is 2.08 bits per heavy atom. The Balaban J connectivity index is 0.000000487. The van der Waals surface area contributed by atoms with E-state index in [1.807, 2.05) is 0 Å². The van der Waals surface area contributed by atoms with Crippen LogP contribution in [0, 0.1) is 11.6 Å². The molecule has 0 unspecified atom stereocenters. The second-order valence-corrected chi connectivity index (χ2v) is 6.38. The van der Waals surface area contributed by atoms with E-state index in [1.54, 1.807) is 12.3 Å². The number of H-pyrrole nitrogens is 1. The first-order chi connectivity index (χ1) is 12.1. The van der Waals surface area contributed by atoms with E-state index in [-0.39, 0.29) is 0 Å². The molecule has 0 atom stereocenters. The molecule has 3 N–H and O–H groups in total. The Morgan fingerprint density at radius 1 is 1.08 bits per heavy atom. The molecule has 144 valence electrons. The largest absolute Gasteiger partial charge is 0.473 e. The van der Waals surface area contributed by atoms with Gasteiger partial charge in [0.05, 0.1) is 0 Å². The lowest BCUT2D eigenvalue weighted by Gasteiger charge is -2.30. The predicted octanol–water partition coefficient (Wildman–Crippen LogP) is 3.26. The van der Waals surface area contributed by atoms with Crippen LogP contribution < -0.4 is 0 Å². The number of fused-ring (bicyclic) bond motifs is 1. The fourth-order valence-electron chi connectivity index (χ4n) is 2.78. The van der Waals surface area contributed by atoms with Gasteiger partial charge in [-0.15, -0.1) is 0 Å². The topological polar surface area (TPSA) is 93.6 Å². The van der Waals surface area contributed by atoms with Gasteiger partial charge in [-0.1, -0.05) is 0 Å². The molecular formula is C18H24F2N2O4. The highest BCUT2D eigenvalue weighted by Gasteiger charge is 2.16. The molecule has 0 saturated carbocycles. The van der Waals surface area contributed by atoms with Crippen LogP contribution in [0.25, 0.3) is 10.9 Å².